The molecule has 1 aromatic heterocycles. The molecule has 1 heterocycles. The second-order valence-electron chi connectivity index (χ2n) is 7.80. The highest BCUT2D eigenvalue weighted by Gasteiger charge is 2.16. The SMILES string of the molecule is C=C/C(OC)=C(\C=C/CCn1c(O)c(N=NC(=O)COc2ccc(C)cc2)c2ccccc21)OCC. The largest absolute Gasteiger partial charge is 0.493 e. The van der Waals surface area contributed by atoms with Gasteiger partial charge in [-0.15, -0.1) is 10.2 Å². The van der Waals surface area contributed by atoms with Gasteiger partial charge in [-0.1, -0.05) is 48.6 Å². The molecule has 3 aromatic rings. The molecule has 1 N–H and O–H groups in total. The predicted octanol–water partition coefficient (Wildman–Crippen LogP) is 6.37. The van der Waals surface area contributed by atoms with Gasteiger partial charge in [0.15, 0.2) is 23.8 Å². The Morgan fingerprint density at radius 2 is 1.89 bits per heavy atom. The van der Waals surface area contributed by atoms with Gasteiger partial charge in [-0.05, 0) is 50.6 Å². The van der Waals surface area contributed by atoms with Crippen LogP contribution in [0.2, 0.25) is 0 Å². The van der Waals surface area contributed by atoms with Crippen LogP contribution in [0.15, 0.2) is 95.1 Å². The summed E-state index contributed by atoms with van der Waals surface area (Å²) in [6.07, 6.45) is 5.93. The van der Waals surface area contributed by atoms with Crippen LogP contribution < -0.4 is 4.74 Å². The number of aromatic nitrogens is 1. The maximum absolute atomic E-state index is 12.2. The Morgan fingerprint density at radius 3 is 2.58 bits per heavy atom. The molecule has 0 radical (unpaired) electrons. The van der Waals surface area contributed by atoms with Crippen molar-refractivity contribution >= 4 is 22.5 Å². The minimum atomic E-state index is -0.554. The van der Waals surface area contributed by atoms with Crippen molar-refractivity contribution in [2.45, 2.75) is 26.8 Å². The van der Waals surface area contributed by atoms with Crippen molar-refractivity contribution < 1.29 is 24.1 Å². The van der Waals surface area contributed by atoms with Crippen LogP contribution in [0.1, 0.15) is 18.9 Å². The fourth-order valence-corrected chi connectivity index (χ4v) is 3.55. The first-order valence-corrected chi connectivity index (χ1v) is 11.6. The van der Waals surface area contributed by atoms with Gasteiger partial charge in [0.2, 0.25) is 5.88 Å². The number of para-hydroxylation sites is 1. The average molecular weight is 490 g/mol. The van der Waals surface area contributed by atoms with E-state index in [9.17, 15) is 9.90 Å². The molecular formula is C28H31N3O5. The van der Waals surface area contributed by atoms with E-state index in [1.54, 1.807) is 29.9 Å². The van der Waals surface area contributed by atoms with Gasteiger partial charge in [0.05, 0.1) is 19.2 Å². The van der Waals surface area contributed by atoms with E-state index < -0.39 is 5.91 Å². The highest BCUT2D eigenvalue weighted by molar-refractivity contribution is 5.95. The molecule has 8 heteroatoms. The Morgan fingerprint density at radius 1 is 1.14 bits per heavy atom. The molecule has 8 nitrogen and oxygen atoms in total. The van der Waals surface area contributed by atoms with Crippen LogP contribution >= 0.6 is 0 Å². The summed E-state index contributed by atoms with van der Waals surface area (Å²) in [4.78, 5) is 12.2. The molecule has 0 bridgehead atoms. The fraction of sp³-hybridized carbons (Fsp3) is 0.250. The molecule has 0 saturated carbocycles. The number of azo groups is 1. The Hall–Kier alpha value is -4.33. The number of rotatable bonds is 12. The lowest BCUT2D eigenvalue weighted by Crippen LogP contribution is -2.07. The molecule has 3 rings (SSSR count). The molecule has 0 fully saturated rings. The summed E-state index contributed by atoms with van der Waals surface area (Å²) < 4.78 is 18.1. The zero-order valence-corrected chi connectivity index (χ0v) is 20.8. The third-order valence-electron chi connectivity index (χ3n) is 5.30. The lowest BCUT2D eigenvalue weighted by Gasteiger charge is -2.09. The number of fused-ring (bicyclic) bond motifs is 1. The summed E-state index contributed by atoms with van der Waals surface area (Å²) in [6, 6.07) is 14.8. The van der Waals surface area contributed by atoms with Crippen LogP contribution in [-0.2, 0) is 20.8 Å². The predicted molar refractivity (Wildman–Crippen MR) is 139 cm³/mol. The molecule has 0 unspecified atom stereocenters. The van der Waals surface area contributed by atoms with Crippen molar-refractivity contribution in [3.63, 3.8) is 0 Å². The summed E-state index contributed by atoms with van der Waals surface area (Å²) >= 11 is 0. The molecule has 2 aromatic carbocycles. The van der Waals surface area contributed by atoms with E-state index in [0.29, 0.717) is 42.2 Å². The molecule has 0 spiro atoms. The van der Waals surface area contributed by atoms with Crippen LogP contribution in [0, 0.1) is 6.92 Å². The fourth-order valence-electron chi connectivity index (χ4n) is 3.55. The first-order valence-electron chi connectivity index (χ1n) is 11.6. The minimum absolute atomic E-state index is 0.0650. The summed E-state index contributed by atoms with van der Waals surface area (Å²) in [7, 11) is 1.56. The van der Waals surface area contributed by atoms with E-state index in [2.05, 4.69) is 16.8 Å². The number of methoxy groups -OCH3 is 1. The Bertz CT molecular complexity index is 1290. The number of allylic oxidation sites excluding steroid dienone is 3. The van der Waals surface area contributed by atoms with Gasteiger partial charge in [0.1, 0.15) is 5.75 Å². The molecule has 1 amide bonds. The highest BCUT2D eigenvalue weighted by atomic mass is 16.5. The topological polar surface area (TPSA) is 94.6 Å². The van der Waals surface area contributed by atoms with Gasteiger partial charge < -0.3 is 23.9 Å². The van der Waals surface area contributed by atoms with Crippen molar-refractivity contribution in [2.24, 2.45) is 10.2 Å². The zero-order chi connectivity index (χ0) is 25.9. The minimum Gasteiger partial charge on any atom is -0.493 e. The number of carbonyl (C=O) groups excluding carboxylic acids is 1. The van der Waals surface area contributed by atoms with Crippen molar-refractivity contribution in [3.8, 4) is 11.6 Å². The Balaban J connectivity index is 1.73. The third kappa shape index (κ3) is 6.63. The van der Waals surface area contributed by atoms with Crippen molar-refractivity contribution in [2.75, 3.05) is 20.3 Å². The quantitative estimate of drug-likeness (QED) is 0.181. The summed E-state index contributed by atoms with van der Waals surface area (Å²) in [5.41, 5.74) is 2.12. The smallest absolute Gasteiger partial charge is 0.302 e. The van der Waals surface area contributed by atoms with Gasteiger partial charge >= 0.3 is 5.91 Å². The Labute approximate surface area is 210 Å². The van der Waals surface area contributed by atoms with Crippen molar-refractivity contribution in [1.82, 2.24) is 4.57 Å². The van der Waals surface area contributed by atoms with Crippen LogP contribution in [0.5, 0.6) is 11.6 Å². The third-order valence-corrected chi connectivity index (χ3v) is 5.30. The van der Waals surface area contributed by atoms with E-state index >= 15 is 0 Å². The van der Waals surface area contributed by atoms with E-state index in [1.165, 1.54) is 0 Å². The van der Waals surface area contributed by atoms with E-state index in [1.807, 2.05) is 62.4 Å². The van der Waals surface area contributed by atoms with Gasteiger partial charge in [-0.25, -0.2) is 0 Å². The van der Waals surface area contributed by atoms with Gasteiger partial charge in [-0.3, -0.25) is 4.79 Å². The van der Waals surface area contributed by atoms with Crippen LogP contribution in [0.3, 0.4) is 0 Å². The van der Waals surface area contributed by atoms with Crippen molar-refractivity contribution in [3.05, 3.63) is 90.4 Å². The Kier molecular flexibility index (Phi) is 9.45. The van der Waals surface area contributed by atoms with Gasteiger partial charge in [-0.2, -0.15) is 0 Å². The lowest BCUT2D eigenvalue weighted by molar-refractivity contribution is -0.120. The zero-order valence-electron chi connectivity index (χ0n) is 20.8. The normalized spacial score (nSPS) is 12.2. The second-order valence-corrected chi connectivity index (χ2v) is 7.80. The molecule has 0 saturated heterocycles. The van der Waals surface area contributed by atoms with E-state index in [-0.39, 0.29) is 18.2 Å². The van der Waals surface area contributed by atoms with Gasteiger partial charge in [0.25, 0.3) is 0 Å². The first-order chi connectivity index (χ1) is 17.5. The number of hydrogen-bond donors (Lipinski definition) is 1. The van der Waals surface area contributed by atoms with E-state index in [4.69, 9.17) is 14.2 Å². The average Bonchev–Trinajstić information content (AvgIpc) is 3.16. The second kappa shape index (κ2) is 12.9. The number of aryl methyl sites for hydroxylation is 2. The summed E-state index contributed by atoms with van der Waals surface area (Å²) in [6.45, 7) is 8.31. The number of carbonyl (C=O) groups is 1. The molecule has 188 valence electrons. The molecule has 0 aliphatic carbocycles. The van der Waals surface area contributed by atoms with Crippen LogP contribution in [-0.4, -0.2) is 35.9 Å². The maximum Gasteiger partial charge on any atom is 0.302 e. The van der Waals surface area contributed by atoms with E-state index in [0.717, 1.165) is 11.1 Å². The van der Waals surface area contributed by atoms with Crippen molar-refractivity contribution in [1.29, 1.82) is 0 Å². The number of hydrogen-bond acceptors (Lipinski definition) is 6. The van der Waals surface area contributed by atoms with Crippen LogP contribution in [0.4, 0.5) is 5.69 Å². The first kappa shape index (κ1) is 26.3. The summed E-state index contributed by atoms with van der Waals surface area (Å²) in [5.74, 6) is 1.08. The van der Waals surface area contributed by atoms with Crippen LogP contribution in [0.25, 0.3) is 10.9 Å². The summed E-state index contributed by atoms with van der Waals surface area (Å²) in [5, 5.41) is 19.4. The standard InChI is InChI=1S/C28H31N3O5/c1-5-24(34-4)25(35-6-2)13-9-10-18-31-23-12-8-7-11-22(23)27(28(31)33)30-29-26(32)19-36-21-16-14-20(3)15-17-21/h5,7-9,11-17,33H,1,6,10,18-19H2,2-4H3/b13-9-,25-24-,30-29?. The van der Waals surface area contributed by atoms with Gasteiger partial charge in [0, 0.05) is 11.9 Å². The molecule has 0 aliphatic heterocycles. The number of aromatic hydroxyl groups is 1. The number of amides is 1. The molecular weight excluding hydrogens is 458 g/mol. The monoisotopic (exact) mass is 489 g/mol. The molecule has 36 heavy (non-hydrogen) atoms. The number of benzene rings is 2. The number of nitrogens with zero attached hydrogens (tertiary/aromatic N) is 3. The lowest BCUT2D eigenvalue weighted by atomic mass is 10.2. The molecule has 0 aliphatic rings. The maximum atomic E-state index is 12.2. The highest BCUT2D eigenvalue weighted by Crippen LogP contribution is 2.39. The number of ether oxygens (including phenoxy) is 3. The molecule has 0 atom stereocenters.